The maximum Gasteiger partial charge on any atom is 0.305 e. The van der Waals surface area contributed by atoms with Crippen molar-refractivity contribution in [3.05, 3.63) is 0 Å². The summed E-state index contributed by atoms with van der Waals surface area (Å²) in [4.78, 5) is 21.7. The van der Waals surface area contributed by atoms with Crippen LogP contribution in [0.1, 0.15) is 26.2 Å². The van der Waals surface area contributed by atoms with Crippen LogP contribution in [0.25, 0.3) is 0 Å². The van der Waals surface area contributed by atoms with Crippen molar-refractivity contribution in [3.8, 4) is 0 Å². The van der Waals surface area contributed by atoms with Crippen LogP contribution in [-0.4, -0.2) is 36.7 Å². The third-order valence-corrected chi connectivity index (χ3v) is 1.55. The molecule has 82 valence electrons. The van der Waals surface area contributed by atoms with E-state index in [4.69, 9.17) is 9.84 Å². The highest BCUT2D eigenvalue weighted by Crippen LogP contribution is 1.98. The Kier molecular flexibility index (Phi) is 6.74. The number of carbonyl (C=O) groups excluding carboxylic acids is 2. The third-order valence-electron chi connectivity index (χ3n) is 1.55. The number of aliphatic hydroxyl groups excluding tert-OH is 1. The van der Waals surface area contributed by atoms with Gasteiger partial charge in [0.2, 0.25) is 5.91 Å². The minimum absolute atomic E-state index is 0.0127. The lowest BCUT2D eigenvalue weighted by atomic mass is 10.2. The Morgan fingerprint density at radius 2 is 2.07 bits per heavy atom. The lowest BCUT2D eigenvalue weighted by Gasteiger charge is -2.05. The highest BCUT2D eigenvalue weighted by Gasteiger charge is 2.06. The standard InChI is InChI=1S/C9H17NO4/c1-7(11)6-14-9(13)5-3-4-8(12)10-2/h7,11H,3-6H2,1-2H3,(H,10,12). The molecule has 0 spiro atoms. The fourth-order valence-corrected chi connectivity index (χ4v) is 0.804. The molecule has 0 aliphatic heterocycles. The van der Waals surface area contributed by atoms with E-state index in [0.29, 0.717) is 12.8 Å². The van der Waals surface area contributed by atoms with Gasteiger partial charge in [0.05, 0.1) is 6.10 Å². The zero-order chi connectivity index (χ0) is 11.0. The second kappa shape index (κ2) is 7.32. The Balaban J connectivity index is 3.40. The molecule has 0 saturated heterocycles. The quantitative estimate of drug-likeness (QED) is 0.587. The van der Waals surface area contributed by atoms with Gasteiger partial charge in [0.15, 0.2) is 0 Å². The lowest BCUT2D eigenvalue weighted by Crippen LogP contribution is -2.18. The molecule has 0 saturated carbocycles. The first-order chi connectivity index (χ1) is 6.56. The summed E-state index contributed by atoms with van der Waals surface area (Å²) in [5.41, 5.74) is 0. The van der Waals surface area contributed by atoms with Gasteiger partial charge in [-0.1, -0.05) is 0 Å². The molecule has 0 aliphatic rings. The van der Waals surface area contributed by atoms with Gasteiger partial charge in [-0.05, 0) is 13.3 Å². The van der Waals surface area contributed by atoms with Crippen molar-refractivity contribution in [3.63, 3.8) is 0 Å². The van der Waals surface area contributed by atoms with Crippen LogP contribution in [-0.2, 0) is 14.3 Å². The van der Waals surface area contributed by atoms with Crippen LogP contribution < -0.4 is 5.32 Å². The summed E-state index contributed by atoms with van der Waals surface area (Å²) in [6.07, 6.45) is 0.358. The minimum atomic E-state index is -0.641. The summed E-state index contributed by atoms with van der Waals surface area (Å²) in [6, 6.07) is 0. The summed E-state index contributed by atoms with van der Waals surface area (Å²) in [5, 5.41) is 11.3. The highest BCUT2D eigenvalue weighted by molar-refractivity contribution is 5.76. The van der Waals surface area contributed by atoms with E-state index in [1.54, 1.807) is 7.05 Å². The lowest BCUT2D eigenvalue weighted by molar-refractivity contribution is -0.146. The zero-order valence-corrected chi connectivity index (χ0v) is 8.58. The molecule has 0 rings (SSSR count). The van der Waals surface area contributed by atoms with Crippen molar-refractivity contribution in [1.82, 2.24) is 5.32 Å². The van der Waals surface area contributed by atoms with Crippen LogP contribution in [0.15, 0.2) is 0 Å². The Bertz CT molecular complexity index is 191. The number of rotatable bonds is 6. The average molecular weight is 203 g/mol. The summed E-state index contributed by atoms with van der Waals surface area (Å²) in [5.74, 6) is -0.469. The summed E-state index contributed by atoms with van der Waals surface area (Å²) < 4.78 is 4.70. The Morgan fingerprint density at radius 1 is 1.43 bits per heavy atom. The second-order valence-corrected chi connectivity index (χ2v) is 3.06. The van der Waals surface area contributed by atoms with Crippen molar-refractivity contribution in [2.45, 2.75) is 32.3 Å². The van der Waals surface area contributed by atoms with Gasteiger partial charge in [-0.15, -0.1) is 0 Å². The molecular weight excluding hydrogens is 186 g/mol. The smallest absolute Gasteiger partial charge is 0.305 e. The maximum absolute atomic E-state index is 11.0. The van der Waals surface area contributed by atoms with Gasteiger partial charge < -0.3 is 15.2 Å². The number of aliphatic hydroxyl groups is 1. The maximum atomic E-state index is 11.0. The molecule has 0 radical (unpaired) electrons. The van der Waals surface area contributed by atoms with E-state index in [2.05, 4.69) is 5.32 Å². The number of hydrogen-bond donors (Lipinski definition) is 2. The van der Waals surface area contributed by atoms with Crippen LogP contribution >= 0.6 is 0 Å². The van der Waals surface area contributed by atoms with Crippen LogP contribution in [0.3, 0.4) is 0 Å². The van der Waals surface area contributed by atoms with Crippen LogP contribution in [0.4, 0.5) is 0 Å². The molecule has 0 aromatic rings. The van der Waals surface area contributed by atoms with E-state index in [-0.39, 0.29) is 24.9 Å². The number of ether oxygens (including phenoxy) is 1. The molecule has 5 heteroatoms. The Morgan fingerprint density at radius 3 is 2.57 bits per heavy atom. The molecule has 1 unspecified atom stereocenters. The van der Waals surface area contributed by atoms with E-state index in [0.717, 1.165) is 0 Å². The number of nitrogens with one attached hydrogen (secondary N) is 1. The van der Waals surface area contributed by atoms with Crippen molar-refractivity contribution < 1.29 is 19.4 Å². The Labute approximate surface area is 83.4 Å². The number of esters is 1. The predicted octanol–water partition coefficient (Wildman–Crippen LogP) is -0.173. The van der Waals surface area contributed by atoms with E-state index in [9.17, 15) is 9.59 Å². The normalized spacial score (nSPS) is 11.9. The van der Waals surface area contributed by atoms with Crippen LogP contribution in [0, 0.1) is 0 Å². The monoisotopic (exact) mass is 203 g/mol. The van der Waals surface area contributed by atoms with Crippen LogP contribution in [0.2, 0.25) is 0 Å². The molecule has 5 nitrogen and oxygen atoms in total. The van der Waals surface area contributed by atoms with E-state index in [1.807, 2.05) is 0 Å². The third kappa shape index (κ3) is 7.54. The molecule has 2 N–H and O–H groups in total. The molecule has 1 atom stereocenters. The minimum Gasteiger partial charge on any atom is -0.463 e. The largest absolute Gasteiger partial charge is 0.463 e. The Hall–Kier alpha value is -1.10. The van der Waals surface area contributed by atoms with Crippen molar-refractivity contribution in [1.29, 1.82) is 0 Å². The molecule has 0 bridgehead atoms. The fourth-order valence-electron chi connectivity index (χ4n) is 0.804. The first-order valence-corrected chi connectivity index (χ1v) is 4.60. The van der Waals surface area contributed by atoms with Gasteiger partial charge in [0.25, 0.3) is 0 Å². The molecule has 0 fully saturated rings. The average Bonchev–Trinajstić information content (AvgIpc) is 2.14. The SMILES string of the molecule is CNC(=O)CCCC(=O)OCC(C)O. The van der Waals surface area contributed by atoms with Gasteiger partial charge in [-0.3, -0.25) is 9.59 Å². The molecule has 0 aliphatic carbocycles. The second-order valence-electron chi connectivity index (χ2n) is 3.06. The number of hydrogen-bond acceptors (Lipinski definition) is 4. The van der Waals surface area contributed by atoms with Gasteiger partial charge in [0, 0.05) is 19.9 Å². The molecule has 1 amide bonds. The highest BCUT2D eigenvalue weighted by atomic mass is 16.5. The van der Waals surface area contributed by atoms with Gasteiger partial charge in [-0.2, -0.15) is 0 Å². The summed E-state index contributed by atoms with van der Waals surface area (Å²) in [6.45, 7) is 1.55. The van der Waals surface area contributed by atoms with Crippen molar-refractivity contribution >= 4 is 11.9 Å². The van der Waals surface area contributed by atoms with E-state index < -0.39 is 6.10 Å². The van der Waals surface area contributed by atoms with Gasteiger partial charge >= 0.3 is 5.97 Å². The number of carbonyl (C=O) groups is 2. The molecular formula is C9H17NO4. The summed E-state index contributed by atoms with van der Waals surface area (Å²) >= 11 is 0. The number of amides is 1. The zero-order valence-electron chi connectivity index (χ0n) is 8.58. The topological polar surface area (TPSA) is 75.6 Å². The molecule has 0 aromatic heterocycles. The van der Waals surface area contributed by atoms with Gasteiger partial charge in [-0.25, -0.2) is 0 Å². The predicted molar refractivity (Wildman–Crippen MR) is 50.6 cm³/mol. The van der Waals surface area contributed by atoms with E-state index in [1.165, 1.54) is 6.92 Å². The first kappa shape index (κ1) is 12.9. The molecule has 0 aromatic carbocycles. The molecule has 0 heterocycles. The van der Waals surface area contributed by atoms with Gasteiger partial charge in [0.1, 0.15) is 6.61 Å². The van der Waals surface area contributed by atoms with Crippen molar-refractivity contribution in [2.75, 3.05) is 13.7 Å². The fraction of sp³-hybridized carbons (Fsp3) is 0.778. The summed E-state index contributed by atoms with van der Waals surface area (Å²) in [7, 11) is 1.55. The van der Waals surface area contributed by atoms with Crippen molar-refractivity contribution in [2.24, 2.45) is 0 Å². The van der Waals surface area contributed by atoms with Crippen LogP contribution in [0.5, 0.6) is 0 Å². The first-order valence-electron chi connectivity index (χ1n) is 4.60. The molecule has 14 heavy (non-hydrogen) atoms. The van der Waals surface area contributed by atoms with E-state index >= 15 is 0 Å².